The Bertz CT molecular complexity index is 1040. The first-order valence-electron chi connectivity index (χ1n) is 8.20. The molecule has 2 aromatic carbocycles. The Labute approximate surface area is 150 Å². The molecule has 0 amide bonds. The molecule has 6 heteroatoms. The van der Waals surface area contributed by atoms with Crippen molar-refractivity contribution in [3.8, 4) is 22.9 Å². The van der Waals surface area contributed by atoms with Crippen LogP contribution in [-0.4, -0.2) is 22.1 Å². The van der Waals surface area contributed by atoms with Crippen LogP contribution in [0.1, 0.15) is 5.69 Å². The molecule has 6 nitrogen and oxygen atoms in total. The fourth-order valence-electron chi connectivity index (χ4n) is 2.73. The van der Waals surface area contributed by atoms with Gasteiger partial charge < -0.3 is 20.2 Å². The molecule has 0 aliphatic carbocycles. The van der Waals surface area contributed by atoms with E-state index in [1.807, 2.05) is 60.7 Å². The normalized spacial score (nSPS) is 10.8. The third-order valence-corrected chi connectivity index (χ3v) is 4.04. The van der Waals surface area contributed by atoms with Gasteiger partial charge in [-0.15, -0.1) is 0 Å². The van der Waals surface area contributed by atoms with Crippen molar-refractivity contribution in [2.45, 2.75) is 6.61 Å². The van der Waals surface area contributed by atoms with Crippen LogP contribution >= 0.6 is 0 Å². The van der Waals surface area contributed by atoms with Crippen molar-refractivity contribution in [1.29, 1.82) is 0 Å². The summed E-state index contributed by atoms with van der Waals surface area (Å²) < 4.78 is 11.0. The van der Waals surface area contributed by atoms with E-state index in [-0.39, 0.29) is 0 Å². The average molecular weight is 346 g/mol. The van der Waals surface area contributed by atoms with Crippen molar-refractivity contribution in [2.75, 3.05) is 12.8 Å². The van der Waals surface area contributed by atoms with Crippen molar-refractivity contribution < 1.29 is 9.47 Å². The molecule has 0 bridgehead atoms. The molecule has 4 aromatic rings. The van der Waals surface area contributed by atoms with Crippen LogP contribution in [0.2, 0.25) is 0 Å². The van der Waals surface area contributed by atoms with Crippen molar-refractivity contribution in [3.63, 3.8) is 0 Å². The van der Waals surface area contributed by atoms with Crippen LogP contribution in [0, 0.1) is 0 Å². The van der Waals surface area contributed by atoms with Gasteiger partial charge >= 0.3 is 0 Å². The number of nitrogens with zero attached hydrogens (tertiary/aromatic N) is 2. The molecule has 0 aliphatic heterocycles. The molecule has 0 fully saturated rings. The van der Waals surface area contributed by atoms with Gasteiger partial charge in [0.05, 0.1) is 18.2 Å². The maximum Gasteiger partial charge on any atom is 0.163 e. The second-order valence-electron chi connectivity index (χ2n) is 5.82. The van der Waals surface area contributed by atoms with E-state index in [4.69, 9.17) is 15.2 Å². The van der Waals surface area contributed by atoms with Gasteiger partial charge in [-0.2, -0.15) is 0 Å². The number of H-pyrrole nitrogens is 1. The number of hydrogen-bond acceptors (Lipinski definition) is 5. The van der Waals surface area contributed by atoms with Gasteiger partial charge in [0.2, 0.25) is 0 Å². The van der Waals surface area contributed by atoms with Crippen LogP contribution in [0.3, 0.4) is 0 Å². The number of nitrogens with one attached hydrogen (secondary N) is 1. The van der Waals surface area contributed by atoms with E-state index in [0.29, 0.717) is 23.9 Å². The second-order valence-corrected chi connectivity index (χ2v) is 5.82. The number of hydrogen-bond donors (Lipinski definition) is 2. The predicted molar refractivity (Wildman–Crippen MR) is 101 cm³/mol. The summed E-state index contributed by atoms with van der Waals surface area (Å²) in [7, 11) is 1.63. The molecule has 0 atom stereocenters. The van der Waals surface area contributed by atoms with Crippen LogP contribution in [0.5, 0.6) is 11.5 Å². The van der Waals surface area contributed by atoms with Gasteiger partial charge in [0.25, 0.3) is 0 Å². The predicted octanol–water partition coefficient (Wildman–Crippen LogP) is 3.79. The average Bonchev–Trinajstić information content (AvgIpc) is 3.11. The van der Waals surface area contributed by atoms with Gasteiger partial charge in [0.15, 0.2) is 5.82 Å². The smallest absolute Gasteiger partial charge is 0.163 e. The number of fused-ring (bicyclic) bond motifs is 1. The van der Waals surface area contributed by atoms with Crippen LogP contribution < -0.4 is 15.2 Å². The van der Waals surface area contributed by atoms with Gasteiger partial charge in [0, 0.05) is 11.6 Å². The molecule has 0 saturated carbocycles. The fourth-order valence-corrected chi connectivity index (χ4v) is 2.73. The van der Waals surface area contributed by atoms with Crippen molar-refractivity contribution >= 4 is 16.9 Å². The fraction of sp³-hybridized carbons (Fsp3) is 0.100. The molecule has 130 valence electrons. The molecule has 2 aromatic heterocycles. The number of methoxy groups -OCH3 is 1. The number of rotatable bonds is 5. The molecule has 0 aliphatic rings. The Morgan fingerprint density at radius 2 is 1.77 bits per heavy atom. The summed E-state index contributed by atoms with van der Waals surface area (Å²) in [6.45, 7) is 0.365. The summed E-state index contributed by atoms with van der Waals surface area (Å²) in [6.07, 6.45) is 0. The van der Waals surface area contributed by atoms with Crippen LogP contribution in [0.15, 0.2) is 60.7 Å². The number of ether oxygens (including phenoxy) is 2. The highest BCUT2D eigenvalue weighted by Crippen LogP contribution is 2.25. The van der Waals surface area contributed by atoms with E-state index in [1.165, 1.54) is 0 Å². The van der Waals surface area contributed by atoms with Gasteiger partial charge in [0.1, 0.15) is 29.6 Å². The van der Waals surface area contributed by atoms with Crippen LogP contribution in [0.4, 0.5) is 5.82 Å². The zero-order chi connectivity index (χ0) is 17.9. The second kappa shape index (κ2) is 6.76. The molecule has 0 radical (unpaired) electrons. The van der Waals surface area contributed by atoms with E-state index in [9.17, 15) is 0 Å². The van der Waals surface area contributed by atoms with Crippen LogP contribution in [-0.2, 0) is 6.61 Å². The number of benzene rings is 2. The van der Waals surface area contributed by atoms with Crippen molar-refractivity contribution in [1.82, 2.24) is 15.0 Å². The summed E-state index contributed by atoms with van der Waals surface area (Å²) >= 11 is 0. The molecule has 4 rings (SSSR count). The monoisotopic (exact) mass is 346 g/mol. The minimum Gasteiger partial charge on any atom is -0.497 e. The van der Waals surface area contributed by atoms with E-state index in [2.05, 4.69) is 15.0 Å². The largest absolute Gasteiger partial charge is 0.497 e. The first-order chi connectivity index (χ1) is 12.7. The highest BCUT2D eigenvalue weighted by atomic mass is 16.5. The molecule has 26 heavy (non-hydrogen) atoms. The highest BCUT2D eigenvalue weighted by molar-refractivity contribution is 5.88. The molecule has 0 saturated heterocycles. The molecule has 2 heterocycles. The molecular weight excluding hydrogens is 328 g/mol. The maximum atomic E-state index is 6.12. The Morgan fingerprint density at radius 3 is 2.58 bits per heavy atom. The van der Waals surface area contributed by atoms with Crippen LogP contribution in [0.25, 0.3) is 22.4 Å². The maximum absolute atomic E-state index is 6.12. The first kappa shape index (κ1) is 16.0. The van der Waals surface area contributed by atoms with Crippen molar-refractivity contribution in [2.24, 2.45) is 0 Å². The molecule has 3 N–H and O–H groups in total. The number of anilines is 1. The summed E-state index contributed by atoms with van der Waals surface area (Å²) in [5, 5.41) is 0.786. The molecule has 0 spiro atoms. The first-order valence-corrected chi connectivity index (χ1v) is 8.20. The standard InChI is InChI=1S/C20H18N4O2/c1-25-15-8-5-9-16(11-15)26-12-14-10-17-18(21)23-19(24-20(17)22-14)13-6-3-2-4-7-13/h2-11H,12H2,1H3,(H3,21,22,23,24). The van der Waals surface area contributed by atoms with E-state index in [0.717, 1.165) is 28.1 Å². The minimum atomic E-state index is 0.365. The Hall–Kier alpha value is -3.54. The topological polar surface area (TPSA) is 86.1 Å². The Balaban J connectivity index is 1.60. The van der Waals surface area contributed by atoms with E-state index < -0.39 is 0 Å². The number of nitrogens with two attached hydrogens (primary N) is 1. The lowest BCUT2D eigenvalue weighted by molar-refractivity contribution is 0.300. The number of aromatic nitrogens is 3. The number of nitrogen functional groups attached to an aromatic ring is 1. The Morgan fingerprint density at radius 1 is 0.962 bits per heavy atom. The van der Waals surface area contributed by atoms with Gasteiger partial charge in [-0.3, -0.25) is 0 Å². The Kier molecular flexibility index (Phi) is 4.15. The van der Waals surface area contributed by atoms with Crippen molar-refractivity contribution in [3.05, 3.63) is 66.4 Å². The third-order valence-electron chi connectivity index (χ3n) is 4.04. The lowest BCUT2D eigenvalue weighted by Gasteiger charge is -2.06. The lowest BCUT2D eigenvalue weighted by Crippen LogP contribution is -1.97. The summed E-state index contributed by atoms with van der Waals surface area (Å²) in [6, 6.07) is 19.1. The summed E-state index contributed by atoms with van der Waals surface area (Å²) in [5.41, 5.74) is 8.61. The van der Waals surface area contributed by atoms with Gasteiger partial charge in [-0.05, 0) is 18.2 Å². The van der Waals surface area contributed by atoms with E-state index >= 15 is 0 Å². The minimum absolute atomic E-state index is 0.365. The zero-order valence-corrected chi connectivity index (χ0v) is 14.3. The lowest BCUT2D eigenvalue weighted by atomic mass is 10.2. The van der Waals surface area contributed by atoms with E-state index in [1.54, 1.807) is 7.11 Å². The summed E-state index contributed by atoms with van der Waals surface area (Å²) in [5.74, 6) is 2.52. The highest BCUT2D eigenvalue weighted by Gasteiger charge is 2.11. The molecule has 0 unspecified atom stereocenters. The zero-order valence-electron chi connectivity index (χ0n) is 14.3. The van der Waals surface area contributed by atoms with Gasteiger partial charge in [-0.25, -0.2) is 9.97 Å². The molecular formula is C20H18N4O2. The third kappa shape index (κ3) is 3.17. The SMILES string of the molecule is COc1cccc(OCc2cc3c(N)nc(-c4ccccc4)nc3[nH]2)c1. The van der Waals surface area contributed by atoms with Gasteiger partial charge in [-0.1, -0.05) is 36.4 Å². The number of aromatic amines is 1. The summed E-state index contributed by atoms with van der Waals surface area (Å²) in [4.78, 5) is 12.3. The quantitative estimate of drug-likeness (QED) is 0.574.